The van der Waals surface area contributed by atoms with Crippen LogP contribution in [-0.4, -0.2) is 35.5 Å². The van der Waals surface area contributed by atoms with Gasteiger partial charge in [-0.1, -0.05) is 25.0 Å². The van der Waals surface area contributed by atoms with Crippen LogP contribution in [0.15, 0.2) is 24.3 Å². The van der Waals surface area contributed by atoms with Crippen LogP contribution in [0.2, 0.25) is 0 Å². The van der Waals surface area contributed by atoms with E-state index in [1.165, 1.54) is 25.0 Å². The fraction of sp³-hybridized carbons (Fsp3) is 0.467. The third kappa shape index (κ3) is 4.09. The van der Waals surface area contributed by atoms with Gasteiger partial charge in [-0.15, -0.1) is 0 Å². The number of carboxylic acid groups (broad SMARTS) is 1. The minimum Gasteiger partial charge on any atom is -0.478 e. The summed E-state index contributed by atoms with van der Waals surface area (Å²) in [5, 5.41) is 8.80. The highest BCUT2D eigenvalue weighted by Crippen LogP contribution is 2.32. The van der Waals surface area contributed by atoms with Gasteiger partial charge in [-0.05, 0) is 30.0 Å². The van der Waals surface area contributed by atoms with Crippen LogP contribution in [-0.2, 0) is 11.2 Å². The van der Waals surface area contributed by atoms with Gasteiger partial charge in [0.1, 0.15) is 0 Å². The Labute approximate surface area is 113 Å². The predicted octanol–water partition coefficient (Wildman–Crippen LogP) is 2.19. The summed E-state index contributed by atoms with van der Waals surface area (Å²) >= 11 is 0. The number of rotatable bonds is 6. The Kier molecular flexibility index (Phi) is 4.20. The number of amides is 1. The molecule has 0 heterocycles. The summed E-state index contributed by atoms with van der Waals surface area (Å²) in [7, 11) is 1.83. The van der Waals surface area contributed by atoms with Gasteiger partial charge in [0, 0.05) is 13.6 Å². The molecule has 1 amide bonds. The minimum atomic E-state index is -0.945. The smallest absolute Gasteiger partial charge is 0.335 e. The molecule has 0 radical (unpaired) electrons. The lowest BCUT2D eigenvalue weighted by Gasteiger charge is -2.17. The van der Waals surface area contributed by atoms with Gasteiger partial charge >= 0.3 is 5.97 Å². The molecule has 102 valence electrons. The van der Waals surface area contributed by atoms with Gasteiger partial charge in [0.15, 0.2) is 0 Å². The van der Waals surface area contributed by atoms with Crippen molar-refractivity contribution in [2.75, 3.05) is 13.6 Å². The maximum absolute atomic E-state index is 12.0. The van der Waals surface area contributed by atoms with E-state index in [0.29, 0.717) is 6.42 Å². The van der Waals surface area contributed by atoms with E-state index < -0.39 is 5.97 Å². The molecular weight excluding hydrogens is 242 g/mol. The van der Waals surface area contributed by atoms with Crippen LogP contribution in [0.1, 0.15) is 35.2 Å². The molecule has 1 aromatic carbocycles. The number of hydrogen-bond donors (Lipinski definition) is 1. The van der Waals surface area contributed by atoms with E-state index in [1.54, 1.807) is 17.0 Å². The van der Waals surface area contributed by atoms with Crippen molar-refractivity contribution in [2.24, 2.45) is 5.92 Å². The van der Waals surface area contributed by atoms with Gasteiger partial charge in [-0.25, -0.2) is 4.79 Å². The van der Waals surface area contributed by atoms with E-state index in [2.05, 4.69) is 0 Å². The molecule has 2 rings (SSSR count). The molecule has 1 N–H and O–H groups in total. The van der Waals surface area contributed by atoms with Gasteiger partial charge in [0.05, 0.1) is 12.0 Å². The molecule has 0 bridgehead atoms. The van der Waals surface area contributed by atoms with Gasteiger partial charge in [0.25, 0.3) is 0 Å². The first-order chi connectivity index (χ1) is 9.06. The van der Waals surface area contributed by atoms with Crippen LogP contribution in [0.3, 0.4) is 0 Å². The van der Waals surface area contributed by atoms with Crippen molar-refractivity contribution in [3.05, 3.63) is 35.4 Å². The van der Waals surface area contributed by atoms with Crippen LogP contribution >= 0.6 is 0 Å². The maximum atomic E-state index is 12.0. The highest BCUT2D eigenvalue weighted by atomic mass is 16.4. The van der Waals surface area contributed by atoms with Gasteiger partial charge in [0.2, 0.25) is 5.91 Å². The number of nitrogens with zero attached hydrogens (tertiary/aromatic N) is 1. The SMILES string of the molecule is CN(CCC1CC1)C(=O)Cc1ccc(C(=O)O)cc1. The number of aromatic carboxylic acids is 1. The summed E-state index contributed by atoms with van der Waals surface area (Å²) in [6, 6.07) is 6.48. The van der Waals surface area contributed by atoms with Crippen molar-refractivity contribution in [1.82, 2.24) is 4.90 Å². The molecular formula is C15H19NO3. The Morgan fingerprint density at radius 2 is 1.89 bits per heavy atom. The molecule has 0 atom stereocenters. The summed E-state index contributed by atoms with van der Waals surface area (Å²) in [6.45, 7) is 0.816. The number of likely N-dealkylation sites (N-methyl/N-ethyl adjacent to an activating group) is 1. The molecule has 1 aromatic rings. The number of hydrogen-bond acceptors (Lipinski definition) is 2. The van der Waals surface area contributed by atoms with Crippen molar-refractivity contribution in [3.8, 4) is 0 Å². The summed E-state index contributed by atoms with van der Waals surface area (Å²) in [5.74, 6) is -0.0340. The fourth-order valence-corrected chi connectivity index (χ4v) is 1.98. The lowest BCUT2D eigenvalue weighted by molar-refractivity contribution is -0.129. The van der Waals surface area contributed by atoms with E-state index >= 15 is 0 Å². The van der Waals surface area contributed by atoms with Gasteiger partial charge in [-0.3, -0.25) is 4.79 Å². The van der Waals surface area contributed by atoms with Gasteiger partial charge < -0.3 is 10.0 Å². The van der Waals surface area contributed by atoms with Crippen LogP contribution in [0.25, 0.3) is 0 Å². The van der Waals surface area contributed by atoms with Crippen LogP contribution < -0.4 is 0 Å². The summed E-state index contributed by atoms with van der Waals surface area (Å²) in [6.07, 6.45) is 4.04. The van der Waals surface area contributed by atoms with E-state index in [1.807, 2.05) is 7.05 Å². The maximum Gasteiger partial charge on any atom is 0.335 e. The quantitative estimate of drug-likeness (QED) is 0.854. The first-order valence-electron chi connectivity index (χ1n) is 6.62. The molecule has 4 heteroatoms. The predicted molar refractivity (Wildman–Crippen MR) is 72.1 cm³/mol. The van der Waals surface area contributed by atoms with E-state index in [9.17, 15) is 9.59 Å². The van der Waals surface area contributed by atoms with Crippen molar-refractivity contribution in [3.63, 3.8) is 0 Å². The minimum absolute atomic E-state index is 0.0868. The Bertz CT molecular complexity index is 463. The Hall–Kier alpha value is -1.84. The molecule has 0 aliphatic heterocycles. The number of carbonyl (C=O) groups excluding carboxylic acids is 1. The third-order valence-corrected chi connectivity index (χ3v) is 3.55. The van der Waals surface area contributed by atoms with Crippen molar-refractivity contribution >= 4 is 11.9 Å². The highest BCUT2D eigenvalue weighted by molar-refractivity contribution is 5.87. The fourth-order valence-electron chi connectivity index (χ4n) is 1.98. The van der Waals surface area contributed by atoms with Crippen LogP contribution in [0.5, 0.6) is 0 Å². The summed E-state index contributed by atoms with van der Waals surface area (Å²) in [5.41, 5.74) is 1.10. The Morgan fingerprint density at radius 3 is 2.42 bits per heavy atom. The van der Waals surface area contributed by atoms with Crippen molar-refractivity contribution < 1.29 is 14.7 Å². The number of carbonyl (C=O) groups is 2. The van der Waals surface area contributed by atoms with Crippen LogP contribution in [0.4, 0.5) is 0 Å². The summed E-state index contributed by atoms with van der Waals surface area (Å²) < 4.78 is 0. The first-order valence-corrected chi connectivity index (χ1v) is 6.62. The Morgan fingerprint density at radius 1 is 1.26 bits per heavy atom. The van der Waals surface area contributed by atoms with Crippen molar-refractivity contribution in [1.29, 1.82) is 0 Å². The molecule has 0 spiro atoms. The van der Waals surface area contributed by atoms with Crippen molar-refractivity contribution in [2.45, 2.75) is 25.7 Å². The second-order valence-electron chi connectivity index (χ2n) is 5.23. The Balaban J connectivity index is 1.84. The monoisotopic (exact) mass is 261 g/mol. The molecule has 1 fully saturated rings. The molecule has 0 unspecified atom stereocenters. The van der Waals surface area contributed by atoms with E-state index in [-0.39, 0.29) is 11.5 Å². The average molecular weight is 261 g/mol. The number of benzene rings is 1. The zero-order chi connectivity index (χ0) is 13.8. The molecule has 0 aromatic heterocycles. The van der Waals surface area contributed by atoms with Gasteiger partial charge in [-0.2, -0.15) is 0 Å². The summed E-state index contributed by atoms with van der Waals surface area (Å²) in [4.78, 5) is 24.5. The first kappa shape index (κ1) is 13.6. The molecule has 0 saturated heterocycles. The molecule has 1 saturated carbocycles. The molecule has 4 nitrogen and oxygen atoms in total. The highest BCUT2D eigenvalue weighted by Gasteiger charge is 2.22. The topological polar surface area (TPSA) is 57.6 Å². The second-order valence-corrected chi connectivity index (χ2v) is 5.23. The number of carboxylic acids is 1. The molecule has 1 aliphatic rings. The molecule has 19 heavy (non-hydrogen) atoms. The average Bonchev–Trinajstić information content (AvgIpc) is 3.20. The normalized spacial score (nSPS) is 14.2. The standard InChI is InChI=1S/C15H19NO3/c1-16(9-8-11-2-3-11)14(17)10-12-4-6-13(7-5-12)15(18)19/h4-7,11H,2-3,8-10H2,1H3,(H,18,19). The largest absolute Gasteiger partial charge is 0.478 e. The third-order valence-electron chi connectivity index (χ3n) is 3.55. The van der Waals surface area contributed by atoms with E-state index in [4.69, 9.17) is 5.11 Å². The zero-order valence-electron chi connectivity index (χ0n) is 11.1. The lowest BCUT2D eigenvalue weighted by Crippen LogP contribution is -2.29. The zero-order valence-corrected chi connectivity index (χ0v) is 11.1. The molecule has 1 aliphatic carbocycles. The second kappa shape index (κ2) is 5.87. The van der Waals surface area contributed by atoms with Crippen LogP contribution in [0, 0.1) is 5.92 Å². The van der Waals surface area contributed by atoms with E-state index in [0.717, 1.165) is 24.4 Å². The lowest BCUT2D eigenvalue weighted by atomic mass is 10.1.